The van der Waals surface area contributed by atoms with Crippen molar-refractivity contribution in [1.29, 1.82) is 0 Å². The van der Waals surface area contributed by atoms with Crippen molar-refractivity contribution in [3.05, 3.63) is 34.7 Å². The Bertz CT molecular complexity index is 790. The summed E-state index contributed by atoms with van der Waals surface area (Å²) in [7, 11) is 0. The zero-order valence-corrected chi connectivity index (χ0v) is 23.1. The van der Waals surface area contributed by atoms with Gasteiger partial charge in [-0.25, -0.2) is 19.2 Å². The number of esters is 4. The Labute approximate surface area is 218 Å². The maximum Gasteiger partial charge on any atom is 0.346 e. The molecule has 0 aliphatic rings. The summed E-state index contributed by atoms with van der Waals surface area (Å²) in [4.78, 5) is 49.7. The van der Waals surface area contributed by atoms with Crippen LogP contribution in [-0.2, 0) is 38.1 Å². The molecule has 32 heavy (non-hydrogen) atoms. The van der Waals surface area contributed by atoms with E-state index >= 15 is 0 Å². The first-order valence-electron chi connectivity index (χ1n) is 9.18. The van der Waals surface area contributed by atoms with Gasteiger partial charge < -0.3 is 18.9 Å². The second kappa shape index (κ2) is 16.4. The van der Waals surface area contributed by atoms with Gasteiger partial charge in [-0.2, -0.15) is 0 Å². The lowest BCUT2D eigenvalue weighted by Crippen LogP contribution is -2.28. The van der Waals surface area contributed by atoms with Crippen molar-refractivity contribution >= 4 is 98.7 Å². The summed E-state index contributed by atoms with van der Waals surface area (Å²) in [6, 6.07) is 5.63. The summed E-state index contributed by atoms with van der Waals surface area (Å²) < 4.78 is 20.2. The van der Waals surface area contributed by atoms with Gasteiger partial charge in [-0.15, -0.1) is 0 Å². The molecule has 0 unspecified atom stereocenters. The van der Waals surface area contributed by atoms with Crippen molar-refractivity contribution in [2.24, 2.45) is 0 Å². The smallest absolute Gasteiger partial charge is 0.346 e. The van der Waals surface area contributed by atoms with Crippen LogP contribution in [0.25, 0.3) is 11.1 Å². The van der Waals surface area contributed by atoms with Gasteiger partial charge in [-0.1, -0.05) is 88.0 Å². The van der Waals surface area contributed by atoms with E-state index in [4.69, 9.17) is 18.9 Å². The zero-order chi connectivity index (χ0) is 23.9. The number of carbonyl (C=O) groups excluding carboxylic acids is 4. The van der Waals surface area contributed by atoms with Gasteiger partial charge in [0.2, 0.25) is 0 Å². The fourth-order valence-corrected chi connectivity index (χ4v) is 2.90. The van der Waals surface area contributed by atoms with E-state index in [0.717, 1.165) is 0 Å². The Morgan fingerprint density at radius 2 is 0.719 bits per heavy atom. The van der Waals surface area contributed by atoms with Crippen LogP contribution < -0.4 is 10.4 Å². The molecular formula is C20H20Br4O8. The van der Waals surface area contributed by atoms with E-state index < -0.39 is 23.9 Å². The first-order valence-corrected chi connectivity index (χ1v) is 13.7. The van der Waals surface area contributed by atoms with E-state index in [-0.39, 0.29) is 48.0 Å². The van der Waals surface area contributed by atoms with Crippen molar-refractivity contribution in [2.45, 2.75) is 0 Å². The van der Waals surface area contributed by atoms with E-state index in [2.05, 4.69) is 63.7 Å². The predicted molar refractivity (Wildman–Crippen MR) is 132 cm³/mol. The van der Waals surface area contributed by atoms with Crippen LogP contribution in [0.1, 0.15) is 0 Å². The maximum atomic E-state index is 12.4. The number of benzene rings is 1. The SMILES string of the molecule is O=C(OCCBr)C(C(=O)OCCBr)=c1ccc(=C(C(=O)OCCBr)C(=O)OCCBr)cc1. The molecule has 0 spiro atoms. The van der Waals surface area contributed by atoms with Crippen molar-refractivity contribution in [1.82, 2.24) is 0 Å². The third kappa shape index (κ3) is 9.32. The van der Waals surface area contributed by atoms with Crippen LogP contribution in [0.15, 0.2) is 24.3 Å². The quantitative estimate of drug-likeness (QED) is 0.140. The fraction of sp³-hybridized carbons (Fsp3) is 0.400. The molecule has 176 valence electrons. The molecule has 0 amide bonds. The Morgan fingerprint density at radius 3 is 0.906 bits per heavy atom. The summed E-state index contributed by atoms with van der Waals surface area (Å²) in [5, 5.41) is 1.99. The van der Waals surface area contributed by atoms with Gasteiger partial charge in [0.15, 0.2) is 11.1 Å². The number of carbonyl (C=O) groups is 4. The molecule has 1 aromatic rings. The first-order chi connectivity index (χ1) is 15.4. The van der Waals surface area contributed by atoms with Crippen molar-refractivity contribution in [3.63, 3.8) is 0 Å². The minimum atomic E-state index is -0.852. The Balaban J connectivity index is 3.54. The molecule has 0 saturated carbocycles. The van der Waals surface area contributed by atoms with Gasteiger partial charge in [-0.3, -0.25) is 0 Å². The van der Waals surface area contributed by atoms with Gasteiger partial charge in [0.25, 0.3) is 0 Å². The predicted octanol–water partition coefficient (Wildman–Crippen LogP) is 1.74. The standard InChI is InChI=1S/C20H20Br4O8/c21-5-9-29-17(25)15(18(26)30-10-6-22)13-1-2-14(4-3-13)16(19(27)31-11-7-23)20(28)32-12-8-24/h1-4H,5-12H2. The number of hydrogen-bond donors (Lipinski definition) is 0. The van der Waals surface area contributed by atoms with Crippen molar-refractivity contribution in [2.75, 3.05) is 47.7 Å². The molecule has 0 aliphatic carbocycles. The van der Waals surface area contributed by atoms with Gasteiger partial charge in [0, 0.05) is 21.3 Å². The number of ether oxygens (including phenoxy) is 4. The molecule has 1 aromatic carbocycles. The van der Waals surface area contributed by atoms with Gasteiger partial charge in [0.05, 0.1) is 0 Å². The molecule has 0 aromatic heterocycles. The van der Waals surface area contributed by atoms with Crippen LogP contribution in [0.2, 0.25) is 0 Å². The molecule has 0 aliphatic heterocycles. The summed E-state index contributed by atoms with van der Waals surface area (Å²) in [6.07, 6.45) is 0. The normalized spacial score (nSPS) is 10.1. The Morgan fingerprint density at radius 1 is 0.500 bits per heavy atom. The molecule has 8 nitrogen and oxygen atoms in total. The minimum absolute atomic E-state index is 0.0584. The minimum Gasteiger partial charge on any atom is -0.461 e. The van der Waals surface area contributed by atoms with E-state index in [1.54, 1.807) is 0 Å². The van der Waals surface area contributed by atoms with Gasteiger partial charge >= 0.3 is 23.9 Å². The molecule has 0 N–H and O–H groups in total. The molecule has 0 bridgehead atoms. The molecule has 0 radical (unpaired) electrons. The van der Waals surface area contributed by atoms with Crippen LogP contribution >= 0.6 is 63.7 Å². The molecule has 0 fully saturated rings. The Hall–Kier alpha value is -1.24. The second-order valence-corrected chi connectivity index (χ2v) is 8.80. The summed E-state index contributed by atoms with van der Waals surface area (Å²) in [6.45, 7) is 0.234. The van der Waals surface area contributed by atoms with Crippen molar-refractivity contribution in [3.8, 4) is 0 Å². The van der Waals surface area contributed by atoms with Gasteiger partial charge in [0.1, 0.15) is 26.4 Å². The average Bonchev–Trinajstić information content (AvgIpc) is 2.79. The van der Waals surface area contributed by atoms with Crippen LogP contribution in [0, 0.1) is 0 Å². The molecule has 0 heterocycles. The number of alkyl halides is 4. The van der Waals surface area contributed by atoms with Crippen LogP contribution in [0.5, 0.6) is 0 Å². The topological polar surface area (TPSA) is 105 Å². The Kier molecular flexibility index (Phi) is 14.7. The molecule has 0 saturated heterocycles. The number of hydrogen-bond acceptors (Lipinski definition) is 8. The van der Waals surface area contributed by atoms with Crippen molar-refractivity contribution < 1.29 is 38.1 Å². The van der Waals surface area contributed by atoms with E-state index in [1.807, 2.05) is 0 Å². The van der Waals surface area contributed by atoms with Crippen LogP contribution in [-0.4, -0.2) is 71.6 Å². The second-order valence-electron chi connectivity index (χ2n) is 5.63. The highest BCUT2D eigenvalue weighted by Gasteiger charge is 2.24. The summed E-state index contributed by atoms with van der Waals surface area (Å²) >= 11 is 12.6. The highest BCUT2D eigenvalue weighted by atomic mass is 79.9. The lowest BCUT2D eigenvalue weighted by atomic mass is 10.1. The van der Waals surface area contributed by atoms with Crippen LogP contribution in [0.3, 0.4) is 0 Å². The van der Waals surface area contributed by atoms with Gasteiger partial charge in [-0.05, 0) is 10.4 Å². The molecule has 1 rings (SSSR count). The van der Waals surface area contributed by atoms with E-state index in [9.17, 15) is 19.2 Å². The third-order valence-corrected chi connectivity index (χ3v) is 4.81. The number of halogens is 4. The molecule has 12 heteroatoms. The maximum absolute atomic E-state index is 12.4. The number of rotatable bonds is 12. The first kappa shape index (κ1) is 28.8. The van der Waals surface area contributed by atoms with E-state index in [0.29, 0.717) is 21.3 Å². The third-order valence-electron chi connectivity index (χ3n) is 3.52. The van der Waals surface area contributed by atoms with E-state index in [1.165, 1.54) is 24.3 Å². The zero-order valence-electron chi connectivity index (χ0n) is 16.7. The largest absolute Gasteiger partial charge is 0.461 e. The highest BCUT2D eigenvalue weighted by molar-refractivity contribution is 9.09. The highest BCUT2D eigenvalue weighted by Crippen LogP contribution is 2.05. The summed E-state index contributed by atoms with van der Waals surface area (Å²) in [5.41, 5.74) is -0.604. The lowest BCUT2D eigenvalue weighted by Gasteiger charge is -2.09. The summed E-state index contributed by atoms with van der Waals surface area (Å²) in [5.74, 6) is -3.41. The fourth-order valence-electron chi connectivity index (χ4n) is 2.26. The monoisotopic (exact) mass is 704 g/mol. The lowest BCUT2D eigenvalue weighted by molar-refractivity contribution is -0.144. The van der Waals surface area contributed by atoms with Crippen LogP contribution in [0.4, 0.5) is 0 Å². The average molecular weight is 708 g/mol. The molecular weight excluding hydrogens is 688 g/mol. The molecule has 0 atom stereocenters.